The second kappa shape index (κ2) is 11.0. The van der Waals surface area contributed by atoms with E-state index in [1.807, 2.05) is 17.2 Å². The molecule has 0 radical (unpaired) electrons. The maximum Gasteiger partial charge on any atom is 0.312 e. The van der Waals surface area contributed by atoms with Crippen molar-refractivity contribution in [3.8, 4) is 0 Å². The smallest absolute Gasteiger partial charge is 0.312 e. The molecule has 2 heterocycles. The number of hydrogen-bond acceptors (Lipinski definition) is 3. The number of pyridine rings is 1. The zero-order chi connectivity index (χ0) is 25.4. The van der Waals surface area contributed by atoms with Gasteiger partial charge in [-0.3, -0.25) is 9.78 Å². The van der Waals surface area contributed by atoms with E-state index in [9.17, 15) is 9.59 Å². The van der Waals surface area contributed by atoms with Crippen LogP contribution in [0.2, 0.25) is 5.02 Å². The number of amides is 3. The Kier molecular flexibility index (Phi) is 7.94. The number of nitrogens with zero attached hydrogens (tertiary/aromatic N) is 2. The molecule has 2 unspecified atom stereocenters. The average Bonchev–Trinajstić information content (AvgIpc) is 3.00. The van der Waals surface area contributed by atoms with Crippen molar-refractivity contribution in [1.29, 1.82) is 0 Å². The lowest BCUT2D eigenvalue weighted by molar-refractivity contribution is -0.138. The molecule has 2 fully saturated rings. The van der Waals surface area contributed by atoms with Gasteiger partial charge in [0.25, 0.3) is 0 Å². The Hall–Kier alpha value is -1.64. The van der Waals surface area contributed by atoms with Gasteiger partial charge in [-0.05, 0) is 102 Å². The zero-order valence-electron chi connectivity index (χ0n) is 20.1. The molecule has 2 aromatic rings. The second-order valence-corrected chi connectivity index (χ2v) is 12.6. The van der Waals surface area contributed by atoms with Gasteiger partial charge < -0.3 is 16.0 Å². The monoisotopic (exact) mass is 636 g/mol. The minimum Gasteiger partial charge on any atom is -0.352 e. The van der Waals surface area contributed by atoms with Crippen molar-refractivity contribution in [2.24, 2.45) is 17.6 Å². The van der Waals surface area contributed by atoms with E-state index < -0.39 is 6.03 Å². The Bertz CT molecular complexity index is 1170. The summed E-state index contributed by atoms with van der Waals surface area (Å²) < 4.78 is 2.04. The molecule has 1 aliphatic heterocycles. The first-order valence-corrected chi connectivity index (χ1v) is 14.7. The van der Waals surface area contributed by atoms with Gasteiger partial charge in [-0.15, -0.1) is 0 Å². The van der Waals surface area contributed by atoms with Crippen molar-refractivity contribution in [3.05, 3.63) is 60.7 Å². The van der Waals surface area contributed by atoms with Crippen molar-refractivity contribution in [3.63, 3.8) is 0 Å². The molecule has 6 nitrogen and oxygen atoms in total. The number of aryl methyl sites for hydroxylation is 2. The lowest BCUT2D eigenvalue weighted by Gasteiger charge is -2.39. The summed E-state index contributed by atoms with van der Waals surface area (Å²) in [5, 5.41) is 3.55. The number of benzene rings is 1. The predicted octanol–water partition coefficient (Wildman–Crippen LogP) is 5.96. The van der Waals surface area contributed by atoms with Crippen molar-refractivity contribution in [2.75, 3.05) is 13.1 Å². The van der Waals surface area contributed by atoms with E-state index in [1.165, 1.54) is 16.7 Å². The van der Waals surface area contributed by atoms with Crippen LogP contribution >= 0.6 is 43.5 Å². The highest BCUT2D eigenvalue weighted by molar-refractivity contribution is 9.10. The molecule has 3 amide bonds. The van der Waals surface area contributed by atoms with E-state index in [0.29, 0.717) is 12.3 Å². The molecule has 0 bridgehead atoms. The fraction of sp³-hybridized carbons (Fsp3) is 0.519. The van der Waals surface area contributed by atoms with E-state index in [4.69, 9.17) is 22.3 Å². The molecule has 3 N–H and O–H groups in total. The summed E-state index contributed by atoms with van der Waals surface area (Å²) in [6.45, 7) is 1.49. The second-order valence-electron chi connectivity index (χ2n) is 10.4. The molecule has 2 aliphatic carbocycles. The molecule has 3 aliphatic rings. The van der Waals surface area contributed by atoms with Crippen LogP contribution in [0, 0.1) is 11.8 Å². The van der Waals surface area contributed by atoms with Crippen LogP contribution in [-0.4, -0.2) is 41.0 Å². The van der Waals surface area contributed by atoms with Gasteiger partial charge in [0.1, 0.15) is 0 Å². The number of likely N-dealkylation sites (tertiary alicyclic amines) is 1. The molecular weight excluding hydrogens is 608 g/mol. The summed E-state index contributed by atoms with van der Waals surface area (Å²) in [5.74, 6) is 0.725. The zero-order valence-corrected chi connectivity index (χ0v) is 24.0. The summed E-state index contributed by atoms with van der Waals surface area (Å²) in [6, 6.07) is 5.79. The van der Waals surface area contributed by atoms with Crippen molar-refractivity contribution < 1.29 is 9.59 Å². The minimum absolute atomic E-state index is 0.00342. The van der Waals surface area contributed by atoms with Gasteiger partial charge in [0.15, 0.2) is 0 Å². The number of carbonyl (C=O) groups is 2. The number of primary amides is 1. The molecule has 3 atom stereocenters. The molecule has 1 saturated heterocycles. The highest BCUT2D eigenvalue weighted by Gasteiger charge is 2.38. The molecule has 0 spiro atoms. The van der Waals surface area contributed by atoms with Gasteiger partial charge in [-0.2, -0.15) is 0 Å². The number of halogens is 3. The quantitative estimate of drug-likeness (QED) is 0.435. The van der Waals surface area contributed by atoms with E-state index in [2.05, 4.69) is 49.3 Å². The Morgan fingerprint density at radius 2 is 1.81 bits per heavy atom. The van der Waals surface area contributed by atoms with Crippen LogP contribution in [0.5, 0.6) is 0 Å². The largest absolute Gasteiger partial charge is 0.352 e. The summed E-state index contributed by atoms with van der Waals surface area (Å²) in [6.07, 6.45) is 8.99. The first kappa shape index (κ1) is 26.0. The minimum atomic E-state index is -0.508. The predicted molar refractivity (Wildman–Crippen MR) is 148 cm³/mol. The SMILES string of the molecule is NC(=O)NC1CCCC(C(=O)N2CCC([C@H]3c4ncc(Br)cc4CCc4cc(Cl)cc(Br)c43)CC2)C1. The third-order valence-corrected chi connectivity index (χ3v) is 9.42. The van der Waals surface area contributed by atoms with Crippen LogP contribution in [0.15, 0.2) is 33.3 Å². The molecule has 9 heteroatoms. The number of hydrogen-bond donors (Lipinski definition) is 2. The van der Waals surface area contributed by atoms with E-state index in [-0.39, 0.29) is 23.8 Å². The van der Waals surface area contributed by atoms with Gasteiger partial charge in [0, 0.05) is 51.1 Å². The number of nitrogens with two attached hydrogens (primary N) is 1. The molecular formula is C27H31Br2ClN4O2. The number of rotatable bonds is 3. The summed E-state index contributed by atoms with van der Waals surface area (Å²) in [4.78, 5) is 31.7. The number of aromatic nitrogens is 1. The molecule has 1 aromatic heterocycles. The van der Waals surface area contributed by atoms with Crippen LogP contribution in [0.4, 0.5) is 4.79 Å². The highest BCUT2D eigenvalue weighted by Crippen LogP contribution is 2.46. The average molecular weight is 639 g/mol. The van der Waals surface area contributed by atoms with Crippen LogP contribution in [0.1, 0.15) is 66.8 Å². The molecule has 1 aromatic carbocycles. The van der Waals surface area contributed by atoms with Gasteiger partial charge in [0.05, 0.1) is 5.69 Å². The summed E-state index contributed by atoms with van der Waals surface area (Å²) in [5.41, 5.74) is 10.3. The number of nitrogens with one attached hydrogen (secondary N) is 1. The highest BCUT2D eigenvalue weighted by atomic mass is 79.9. The van der Waals surface area contributed by atoms with E-state index >= 15 is 0 Å². The summed E-state index contributed by atoms with van der Waals surface area (Å²) in [7, 11) is 0. The first-order chi connectivity index (χ1) is 17.3. The molecule has 1 saturated carbocycles. The van der Waals surface area contributed by atoms with Crippen molar-refractivity contribution in [1.82, 2.24) is 15.2 Å². The Labute approximate surface area is 234 Å². The fourth-order valence-electron chi connectivity index (χ4n) is 6.49. The van der Waals surface area contributed by atoms with Gasteiger partial charge >= 0.3 is 6.03 Å². The third-order valence-electron chi connectivity index (χ3n) is 8.11. The Morgan fingerprint density at radius 1 is 1.06 bits per heavy atom. The van der Waals surface area contributed by atoms with Crippen LogP contribution in [0.25, 0.3) is 0 Å². The Balaban J connectivity index is 1.36. The molecule has 192 valence electrons. The number of piperidine rings is 1. The van der Waals surface area contributed by atoms with Crippen LogP contribution in [-0.2, 0) is 17.6 Å². The van der Waals surface area contributed by atoms with Gasteiger partial charge in [-0.1, -0.05) is 34.0 Å². The van der Waals surface area contributed by atoms with E-state index in [0.717, 1.165) is 77.7 Å². The maximum atomic E-state index is 13.4. The van der Waals surface area contributed by atoms with Crippen LogP contribution < -0.4 is 11.1 Å². The molecule has 5 rings (SSSR count). The maximum absolute atomic E-state index is 13.4. The van der Waals surface area contributed by atoms with Crippen LogP contribution in [0.3, 0.4) is 0 Å². The van der Waals surface area contributed by atoms with E-state index in [1.54, 1.807) is 0 Å². The first-order valence-electron chi connectivity index (χ1n) is 12.8. The van der Waals surface area contributed by atoms with Crippen molar-refractivity contribution in [2.45, 2.75) is 63.3 Å². The number of fused-ring (bicyclic) bond motifs is 2. The van der Waals surface area contributed by atoms with Gasteiger partial charge in [-0.25, -0.2) is 4.79 Å². The fourth-order valence-corrected chi connectivity index (χ4v) is 7.99. The standard InChI is InChI=1S/C27H31Br2ClN4O2/c28-19-10-17-5-4-16-11-20(30)13-22(29)23(16)24(25(17)32-14-19)15-6-8-34(9-7-15)26(35)18-2-1-3-21(12-18)33-27(31)36/h10-11,13-15,18,21,24H,1-9,12H2,(H3,31,33,36)/t18?,21?,24-/m1/s1. The number of urea groups is 1. The third kappa shape index (κ3) is 5.46. The van der Waals surface area contributed by atoms with Crippen molar-refractivity contribution >= 4 is 55.4 Å². The Morgan fingerprint density at radius 3 is 2.56 bits per heavy atom. The topological polar surface area (TPSA) is 88.3 Å². The normalized spacial score (nSPS) is 24.4. The number of carbonyl (C=O) groups excluding carboxylic acids is 2. The summed E-state index contributed by atoms with van der Waals surface area (Å²) >= 11 is 13.9. The lowest BCUT2D eigenvalue weighted by atomic mass is 9.76. The molecule has 36 heavy (non-hydrogen) atoms. The lowest BCUT2D eigenvalue weighted by Crippen LogP contribution is -2.47. The van der Waals surface area contributed by atoms with Gasteiger partial charge in [0.2, 0.25) is 5.91 Å².